The minimum atomic E-state index is -0.0262. The van der Waals surface area contributed by atoms with Crippen LogP contribution in [0.1, 0.15) is 95.1 Å². The molecule has 1 amide bonds. The maximum atomic E-state index is 12.4. The van der Waals surface area contributed by atoms with Gasteiger partial charge in [-0.1, -0.05) is 83.6 Å². The highest BCUT2D eigenvalue weighted by Gasteiger charge is 2.10. The number of methoxy groups -OCH3 is 1. The highest BCUT2D eigenvalue weighted by atomic mass is 16.5. The zero-order valence-electron chi connectivity index (χ0n) is 22.3. The Balaban J connectivity index is 1.58. The van der Waals surface area contributed by atoms with Gasteiger partial charge < -0.3 is 14.8 Å². The van der Waals surface area contributed by atoms with Crippen molar-refractivity contribution in [2.45, 2.75) is 96.9 Å². The van der Waals surface area contributed by atoms with Gasteiger partial charge in [0.2, 0.25) is 5.91 Å². The fourth-order valence-electron chi connectivity index (χ4n) is 4.18. The molecule has 194 valence electrons. The molecule has 0 spiro atoms. The van der Waals surface area contributed by atoms with Crippen molar-refractivity contribution < 1.29 is 18.8 Å². The Hall–Kier alpha value is -2.56. The van der Waals surface area contributed by atoms with Crippen LogP contribution in [-0.4, -0.2) is 19.6 Å². The summed E-state index contributed by atoms with van der Waals surface area (Å²) in [5.74, 6) is 1.46. The van der Waals surface area contributed by atoms with E-state index in [1.807, 2.05) is 54.3 Å². The highest BCUT2D eigenvalue weighted by Crippen LogP contribution is 2.25. The van der Waals surface area contributed by atoms with E-state index in [-0.39, 0.29) is 12.3 Å². The predicted molar refractivity (Wildman–Crippen MR) is 143 cm³/mol. The smallest absolute Gasteiger partial charge is 0.224 e. The Morgan fingerprint density at radius 1 is 0.857 bits per heavy atom. The number of hydrogen-bond acceptors (Lipinski definition) is 3. The molecular weight excluding hydrogens is 436 g/mol. The molecular formula is C30H47N2O3+. The van der Waals surface area contributed by atoms with E-state index in [1.54, 1.807) is 7.11 Å². The van der Waals surface area contributed by atoms with Crippen LogP contribution >= 0.6 is 0 Å². The van der Waals surface area contributed by atoms with Gasteiger partial charge in [-0.15, -0.1) is 0 Å². The SMILES string of the molecule is CCCCCCCCCCCCCCOc1ccc(CC(=O)NCc2cc[n+](C)cc2)c(OC)c1. The molecule has 0 aliphatic heterocycles. The Morgan fingerprint density at radius 2 is 1.46 bits per heavy atom. The molecule has 2 rings (SSSR count). The number of carbonyl (C=O) groups excluding carboxylic acids is 1. The molecule has 0 saturated heterocycles. The number of benzene rings is 1. The lowest BCUT2D eigenvalue weighted by atomic mass is 10.1. The summed E-state index contributed by atoms with van der Waals surface area (Å²) in [7, 11) is 3.61. The van der Waals surface area contributed by atoms with Gasteiger partial charge in [0.05, 0.1) is 20.1 Å². The summed E-state index contributed by atoms with van der Waals surface area (Å²) in [6.07, 6.45) is 20.2. The van der Waals surface area contributed by atoms with E-state index in [9.17, 15) is 4.79 Å². The minimum absolute atomic E-state index is 0.0262. The fraction of sp³-hybridized carbons (Fsp3) is 0.600. The standard InChI is InChI=1S/C30H46N2O3/c1-4-5-6-7-8-9-10-11-12-13-14-15-22-35-28-17-16-27(29(24-28)34-3)23-30(33)31-25-26-18-20-32(2)21-19-26/h16-21,24H,4-15,22-23,25H2,1-3H3/p+1. The van der Waals surface area contributed by atoms with Crippen LogP contribution in [-0.2, 0) is 24.8 Å². The third-order valence-electron chi connectivity index (χ3n) is 6.41. The van der Waals surface area contributed by atoms with Crippen LogP contribution in [0.2, 0.25) is 0 Å². The second kappa shape index (κ2) is 17.8. The van der Waals surface area contributed by atoms with Crippen molar-refractivity contribution in [3.05, 3.63) is 53.9 Å². The number of unbranched alkanes of at least 4 members (excludes halogenated alkanes) is 11. The van der Waals surface area contributed by atoms with Gasteiger partial charge in [-0.05, 0) is 18.1 Å². The molecule has 0 bridgehead atoms. The second-order valence-electron chi connectivity index (χ2n) is 9.54. The van der Waals surface area contributed by atoms with Crippen LogP contribution in [0, 0.1) is 0 Å². The van der Waals surface area contributed by atoms with E-state index >= 15 is 0 Å². The molecule has 0 fully saturated rings. The quantitative estimate of drug-likeness (QED) is 0.184. The summed E-state index contributed by atoms with van der Waals surface area (Å²) in [6.45, 7) is 3.51. The molecule has 0 atom stereocenters. The highest BCUT2D eigenvalue weighted by molar-refractivity contribution is 5.79. The Labute approximate surface area is 213 Å². The third-order valence-corrected chi connectivity index (χ3v) is 6.41. The summed E-state index contributed by atoms with van der Waals surface area (Å²) < 4.78 is 13.4. The monoisotopic (exact) mass is 483 g/mol. The first-order valence-corrected chi connectivity index (χ1v) is 13.6. The van der Waals surface area contributed by atoms with Crippen molar-refractivity contribution in [2.75, 3.05) is 13.7 Å². The van der Waals surface area contributed by atoms with Gasteiger partial charge in [-0.3, -0.25) is 4.79 Å². The first-order valence-electron chi connectivity index (χ1n) is 13.6. The van der Waals surface area contributed by atoms with Crippen molar-refractivity contribution in [2.24, 2.45) is 7.05 Å². The zero-order chi connectivity index (χ0) is 25.1. The Bertz CT molecular complexity index is 836. The van der Waals surface area contributed by atoms with Gasteiger partial charge >= 0.3 is 0 Å². The average molecular weight is 484 g/mol. The number of aryl methyl sites for hydroxylation is 1. The number of nitrogens with zero attached hydrogens (tertiary/aromatic N) is 1. The van der Waals surface area contributed by atoms with Crippen molar-refractivity contribution in [3.63, 3.8) is 0 Å². The molecule has 0 radical (unpaired) electrons. The van der Waals surface area contributed by atoms with Gasteiger partial charge in [0, 0.05) is 30.3 Å². The van der Waals surface area contributed by atoms with Crippen LogP contribution in [0.15, 0.2) is 42.7 Å². The van der Waals surface area contributed by atoms with Crippen molar-refractivity contribution in [1.82, 2.24) is 5.32 Å². The van der Waals surface area contributed by atoms with E-state index < -0.39 is 0 Å². The van der Waals surface area contributed by atoms with E-state index in [4.69, 9.17) is 9.47 Å². The van der Waals surface area contributed by atoms with E-state index in [0.717, 1.165) is 29.9 Å². The maximum absolute atomic E-state index is 12.4. The van der Waals surface area contributed by atoms with Gasteiger partial charge in [-0.25, -0.2) is 4.57 Å². The van der Waals surface area contributed by atoms with Crippen LogP contribution in [0.4, 0.5) is 0 Å². The molecule has 2 aromatic rings. The molecule has 5 heteroatoms. The van der Waals surface area contributed by atoms with Gasteiger partial charge in [-0.2, -0.15) is 0 Å². The van der Waals surface area contributed by atoms with Gasteiger partial charge in [0.25, 0.3) is 0 Å². The zero-order valence-corrected chi connectivity index (χ0v) is 22.3. The van der Waals surface area contributed by atoms with E-state index in [1.165, 1.54) is 70.6 Å². The van der Waals surface area contributed by atoms with E-state index in [2.05, 4.69) is 12.2 Å². The fourth-order valence-corrected chi connectivity index (χ4v) is 4.18. The van der Waals surface area contributed by atoms with Crippen LogP contribution in [0.25, 0.3) is 0 Å². The van der Waals surface area contributed by atoms with Crippen LogP contribution < -0.4 is 19.4 Å². The average Bonchev–Trinajstić information content (AvgIpc) is 2.87. The van der Waals surface area contributed by atoms with Gasteiger partial charge in [0.15, 0.2) is 12.4 Å². The molecule has 5 nitrogen and oxygen atoms in total. The number of rotatable bonds is 19. The predicted octanol–water partition coefficient (Wildman–Crippen LogP) is 6.46. The lowest BCUT2D eigenvalue weighted by Crippen LogP contribution is -2.28. The van der Waals surface area contributed by atoms with Crippen molar-refractivity contribution in [3.8, 4) is 11.5 Å². The lowest BCUT2D eigenvalue weighted by molar-refractivity contribution is -0.671. The molecule has 0 unspecified atom stereocenters. The van der Waals surface area contributed by atoms with Crippen LogP contribution in [0.5, 0.6) is 11.5 Å². The number of hydrogen-bond donors (Lipinski definition) is 1. The van der Waals surface area contributed by atoms with Crippen molar-refractivity contribution >= 4 is 5.91 Å². The number of carbonyl (C=O) groups is 1. The third kappa shape index (κ3) is 12.6. The van der Waals surface area contributed by atoms with Crippen LogP contribution in [0.3, 0.4) is 0 Å². The number of aromatic nitrogens is 1. The Morgan fingerprint density at radius 3 is 2.06 bits per heavy atom. The summed E-state index contributed by atoms with van der Waals surface area (Å²) in [4.78, 5) is 12.4. The summed E-state index contributed by atoms with van der Waals surface area (Å²) >= 11 is 0. The molecule has 0 aliphatic rings. The number of nitrogens with one attached hydrogen (secondary N) is 1. The second-order valence-corrected chi connectivity index (χ2v) is 9.54. The summed E-state index contributed by atoms with van der Waals surface area (Å²) in [5, 5.41) is 2.98. The normalized spacial score (nSPS) is 10.8. The molecule has 1 aromatic heterocycles. The number of amides is 1. The molecule has 35 heavy (non-hydrogen) atoms. The summed E-state index contributed by atoms with van der Waals surface area (Å²) in [5.41, 5.74) is 1.94. The number of ether oxygens (including phenoxy) is 2. The Kier molecular flexibility index (Phi) is 14.6. The molecule has 0 saturated carbocycles. The topological polar surface area (TPSA) is 51.4 Å². The molecule has 0 aliphatic carbocycles. The minimum Gasteiger partial charge on any atom is -0.496 e. The summed E-state index contributed by atoms with van der Waals surface area (Å²) in [6, 6.07) is 9.76. The largest absolute Gasteiger partial charge is 0.496 e. The van der Waals surface area contributed by atoms with Crippen molar-refractivity contribution in [1.29, 1.82) is 0 Å². The molecule has 1 aromatic carbocycles. The van der Waals surface area contributed by atoms with E-state index in [0.29, 0.717) is 12.3 Å². The van der Waals surface area contributed by atoms with Gasteiger partial charge in [0.1, 0.15) is 18.5 Å². The lowest BCUT2D eigenvalue weighted by Gasteiger charge is -2.12. The number of pyridine rings is 1. The first-order chi connectivity index (χ1) is 17.1. The molecule has 1 N–H and O–H groups in total. The first kappa shape index (κ1) is 28.7. The maximum Gasteiger partial charge on any atom is 0.224 e. The molecule has 1 heterocycles.